The van der Waals surface area contributed by atoms with Crippen LogP contribution in [0.25, 0.3) is 0 Å². The third-order valence-electron chi connectivity index (χ3n) is 5.80. The molecule has 4 aliphatic carbocycles. The van der Waals surface area contributed by atoms with E-state index >= 15 is 0 Å². The SMILES string of the molecule is CNc1c(C)nn(C23CC4CC(CC(C4)C2)C3)c1N. The van der Waals surface area contributed by atoms with Crippen LogP contribution in [0.1, 0.15) is 44.2 Å². The highest BCUT2D eigenvalue weighted by Crippen LogP contribution is 2.59. The van der Waals surface area contributed by atoms with E-state index in [0.717, 1.165) is 35.0 Å². The minimum Gasteiger partial charge on any atom is -0.384 e. The molecule has 19 heavy (non-hydrogen) atoms. The first kappa shape index (κ1) is 11.6. The molecule has 4 fully saturated rings. The van der Waals surface area contributed by atoms with Gasteiger partial charge in [0, 0.05) is 7.05 Å². The summed E-state index contributed by atoms with van der Waals surface area (Å²) in [6, 6.07) is 0. The third kappa shape index (κ3) is 1.49. The van der Waals surface area contributed by atoms with Crippen LogP contribution in [-0.4, -0.2) is 16.8 Å². The van der Waals surface area contributed by atoms with Gasteiger partial charge in [0.2, 0.25) is 0 Å². The number of nitrogen functional groups attached to an aromatic ring is 1. The van der Waals surface area contributed by atoms with Gasteiger partial charge in [-0.05, 0) is 63.2 Å². The number of aromatic nitrogens is 2. The molecule has 4 heteroatoms. The summed E-state index contributed by atoms with van der Waals surface area (Å²) >= 11 is 0. The third-order valence-corrected chi connectivity index (χ3v) is 5.80. The Balaban J connectivity index is 1.79. The largest absolute Gasteiger partial charge is 0.384 e. The monoisotopic (exact) mass is 260 g/mol. The van der Waals surface area contributed by atoms with E-state index in [9.17, 15) is 0 Å². The Bertz CT molecular complexity index is 481. The lowest BCUT2D eigenvalue weighted by Crippen LogP contribution is -2.52. The molecule has 0 aliphatic heterocycles. The van der Waals surface area contributed by atoms with Crippen molar-refractivity contribution in [2.45, 2.75) is 51.0 Å². The molecule has 4 nitrogen and oxygen atoms in total. The van der Waals surface area contributed by atoms with Crippen LogP contribution in [0.3, 0.4) is 0 Å². The molecule has 1 aromatic heterocycles. The zero-order chi connectivity index (χ0) is 13.2. The molecule has 0 spiro atoms. The number of anilines is 2. The zero-order valence-corrected chi connectivity index (χ0v) is 11.9. The summed E-state index contributed by atoms with van der Waals surface area (Å²) in [5.74, 6) is 3.62. The van der Waals surface area contributed by atoms with Crippen molar-refractivity contribution in [3.63, 3.8) is 0 Å². The van der Waals surface area contributed by atoms with Gasteiger partial charge in [-0.15, -0.1) is 0 Å². The van der Waals surface area contributed by atoms with Gasteiger partial charge >= 0.3 is 0 Å². The number of nitrogens with one attached hydrogen (secondary N) is 1. The van der Waals surface area contributed by atoms with E-state index in [4.69, 9.17) is 10.8 Å². The molecule has 4 bridgehead atoms. The molecule has 0 aromatic carbocycles. The van der Waals surface area contributed by atoms with Crippen LogP contribution in [0.5, 0.6) is 0 Å². The fourth-order valence-corrected chi connectivity index (χ4v) is 5.54. The number of rotatable bonds is 2. The summed E-state index contributed by atoms with van der Waals surface area (Å²) in [6.07, 6.45) is 8.27. The molecule has 1 aromatic rings. The second-order valence-corrected chi connectivity index (χ2v) is 7.15. The number of hydrogen-bond donors (Lipinski definition) is 2. The van der Waals surface area contributed by atoms with Crippen LogP contribution in [0.15, 0.2) is 0 Å². The molecular formula is C15H24N4. The first-order chi connectivity index (χ1) is 9.11. The second-order valence-electron chi connectivity index (χ2n) is 7.15. The lowest BCUT2D eigenvalue weighted by Gasteiger charge is -2.56. The van der Waals surface area contributed by atoms with Gasteiger partial charge in [0.25, 0.3) is 0 Å². The highest BCUT2D eigenvalue weighted by Gasteiger charge is 2.53. The van der Waals surface area contributed by atoms with Crippen molar-refractivity contribution in [3.8, 4) is 0 Å². The predicted octanol–water partition coefficient (Wildman–Crippen LogP) is 2.74. The quantitative estimate of drug-likeness (QED) is 0.859. The minimum atomic E-state index is 0.235. The summed E-state index contributed by atoms with van der Waals surface area (Å²) in [5.41, 5.74) is 8.67. The molecule has 1 heterocycles. The fraction of sp³-hybridized carbons (Fsp3) is 0.800. The first-order valence-electron chi connectivity index (χ1n) is 7.64. The van der Waals surface area contributed by atoms with Crippen LogP contribution >= 0.6 is 0 Å². The van der Waals surface area contributed by atoms with Gasteiger partial charge in [-0.2, -0.15) is 5.10 Å². The maximum atomic E-state index is 6.37. The Kier molecular flexibility index (Phi) is 2.25. The molecule has 5 rings (SSSR count). The summed E-state index contributed by atoms with van der Waals surface area (Å²) < 4.78 is 2.19. The highest BCUT2D eigenvalue weighted by atomic mass is 15.4. The van der Waals surface area contributed by atoms with Gasteiger partial charge in [-0.25, -0.2) is 4.68 Å². The molecule has 0 saturated heterocycles. The van der Waals surface area contributed by atoms with Crippen LogP contribution in [-0.2, 0) is 5.54 Å². The maximum absolute atomic E-state index is 6.37. The Hall–Kier alpha value is -1.19. The first-order valence-corrected chi connectivity index (χ1v) is 7.64. The van der Waals surface area contributed by atoms with Gasteiger partial charge in [0.15, 0.2) is 0 Å². The van der Waals surface area contributed by atoms with Crippen molar-refractivity contribution in [1.29, 1.82) is 0 Å². The molecule has 4 aliphatic rings. The van der Waals surface area contributed by atoms with E-state index in [2.05, 4.69) is 16.9 Å². The molecule has 0 unspecified atom stereocenters. The van der Waals surface area contributed by atoms with Gasteiger partial charge < -0.3 is 11.1 Å². The van der Waals surface area contributed by atoms with Crippen LogP contribution in [0.4, 0.5) is 11.5 Å². The minimum absolute atomic E-state index is 0.235. The van der Waals surface area contributed by atoms with Crippen molar-refractivity contribution in [2.75, 3.05) is 18.1 Å². The molecule has 104 valence electrons. The second kappa shape index (κ2) is 3.68. The predicted molar refractivity (Wildman–Crippen MR) is 77.1 cm³/mol. The van der Waals surface area contributed by atoms with E-state index < -0.39 is 0 Å². The Morgan fingerprint density at radius 3 is 2.11 bits per heavy atom. The average molecular weight is 260 g/mol. The Morgan fingerprint density at radius 1 is 1.16 bits per heavy atom. The standard InChI is InChI=1S/C15H24N4/c1-9-13(17-2)14(16)19(18-9)15-6-10-3-11(7-15)5-12(4-10)8-15/h10-12,17H,3-8,16H2,1-2H3. The summed E-state index contributed by atoms with van der Waals surface area (Å²) in [4.78, 5) is 0. The van der Waals surface area contributed by atoms with Crippen LogP contribution < -0.4 is 11.1 Å². The number of nitrogens with two attached hydrogens (primary N) is 1. The van der Waals surface area contributed by atoms with Crippen LogP contribution in [0, 0.1) is 24.7 Å². The summed E-state index contributed by atoms with van der Waals surface area (Å²) in [6.45, 7) is 2.05. The highest BCUT2D eigenvalue weighted by molar-refractivity contribution is 5.65. The smallest absolute Gasteiger partial charge is 0.146 e. The normalized spacial score (nSPS) is 39.8. The van der Waals surface area contributed by atoms with Gasteiger partial charge in [0.1, 0.15) is 5.82 Å². The van der Waals surface area contributed by atoms with E-state index in [-0.39, 0.29) is 5.54 Å². The number of hydrogen-bond acceptors (Lipinski definition) is 3. The zero-order valence-electron chi connectivity index (χ0n) is 11.9. The molecular weight excluding hydrogens is 236 g/mol. The van der Waals surface area contributed by atoms with Gasteiger partial charge in [-0.3, -0.25) is 0 Å². The number of nitrogens with zero attached hydrogens (tertiary/aromatic N) is 2. The van der Waals surface area contributed by atoms with Crippen molar-refractivity contribution in [2.24, 2.45) is 17.8 Å². The molecule has 3 N–H and O–H groups in total. The van der Waals surface area contributed by atoms with Gasteiger partial charge in [-0.1, -0.05) is 0 Å². The van der Waals surface area contributed by atoms with Crippen molar-refractivity contribution in [1.82, 2.24) is 9.78 Å². The molecule has 0 amide bonds. The van der Waals surface area contributed by atoms with E-state index in [1.807, 2.05) is 7.05 Å². The Labute approximate surface area is 114 Å². The fourth-order valence-electron chi connectivity index (χ4n) is 5.54. The lowest BCUT2D eigenvalue weighted by molar-refractivity contribution is -0.0482. The molecule has 0 atom stereocenters. The summed E-state index contributed by atoms with van der Waals surface area (Å²) in [5, 5.41) is 8.01. The summed E-state index contributed by atoms with van der Waals surface area (Å²) in [7, 11) is 1.93. The van der Waals surface area contributed by atoms with Gasteiger partial charge in [0.05, 0.1) is 16.9 Å². The number of aryl methyl sites for hydroxylation is 1. The molecule has 0 radical (unpaired) electrons. The Morgan fingerprint density at radius 2 is 1.68 bits per heavy atom. The van der Waals surface area contributed by atoms with E-state index in [0.29, 0.717) is 0 Å². The maximum Gasteiger partial charge on any atom is 0.146 e. The lowest BCUT2D eigenvalue weighted by atomic mass is 9.53. The van der Waals surface area contributed by atoms with E-state index in [1.54, 1.807) is 0 Å². The topological polar surface area (TPSA) is 55.9 Å². The van der Waals surface area contributed by atoms with E-state index in [1.165, 1.54) is 38.5 Å². The molecule has 4 saturated carbocycles. The van der Waals surface area contributed by atoms with Crippen molar-refractivity contribution in [3.05, 3.63) is 5.69 Å². The average Bonchev–Trinajstić information content (AvgIpc) is 2.63. The van der Waals surface area contributed by atoms with Crippen molar-refractivity contribution < 1.29 is 0 Å². The van der Waals surface area contributed by atoms with Crippen LogP contribution in [0.2, 0.25) is 0 Å². The van der Waals surface area contributed by atoms with Crippen molar-refractivity contribution >= 4 is 11.5 Å².